The van der Waals surface area contributed by atoms with E-state index < -0.39 is 15.6 Å². The first kappa shape index (κ1) is 15.4. The van der Waals surface area contributed by atoms with E-state index in [0.717, 1.165) is 0 Å². The molecule has 0 radical (unpaired) electrons. The number of hydrogen-bond donors (Lipinski definition) is 1. The normalized spacial score (nSPS) is 19.0. The molecule has 18 heavy (non-hydrogen) atoms. The molecule has 1 saturated heterocycles. The third-order valence-electron chi connectivity index (χ3n) is 2.93. The topological polar surface area (TPSA) is 83.7 Å². The summed E-state index contributed by atoms with van der Waals surface area (Å²) in [6, 6.07) is 0. The van der Waals surface area contributed by atoms with E-state index in [0.29, 0.717) is 32.6 Å². The maximum Gasteiger partial charge on any atom is 0.242 e. The summed E-state index contributed by atoms with van der Waals surface area (Å²) < 4.78 is 25.2. The predicted octanol–water partition coefficient (Wildman–Crippen LogP) is -0.392. The molecule has 0 spiro atoms. The summed E-state index contributed by atoms with van der Waals surface area (Å²) >= 11 is 0. The van der Waals surface area contributed by atoms with Crippen molar-refractivity contribution in [1.29, 1.82) is 0 Å². The minimum absolute atomic E-state index is 0.130. The lowest BCUT2D eigenvalue weighted by atomic mass is 10.1. The highest BCUT2D eigenvalue weighted by atomic mass is 32.2. The van der Waals surface area contributed by atoms with Gasteiger partial charge in [-0.3, -0.25) is 4.79 Å². The number of sulfonamides is 1. The molecule has 1 aliphatic rings. The van der Waals surface area contributed by atoms with Gasteiger partial charge in [0, 0.05) is 26.2 Å². The fraction of sp³-hybridized carbons (Fsp3) is 0.909. The Balaban J connectivity index is 2.59. The van der Waals surface area contributed by atoms with Crippen molar-refractivity contribution in [3.63, 3.8) is 0 Å². The van der Waals surface area contributed by atoms with Gasteiger partial charge in [0.05, 0.1) is 11.3 Å². The molecule has 106 valence electrons. The average molecular weight is 277 g/mol. The molecule has 1 heterocycles. The molecule has 0 aliphatic carbocycles. The second-order valence-electron chi connectivity index (χ2n) is 5.23. The van der Waals surface area contributed by atoms with Crippen LogP contribution in [0.3, 0.4) is 0 Å². The standard InChI is InChI=1S/C11H23N3O3S/c1-4-9-18(16,17)14-7-5-13(6-8-14)10(15)11(2,3)12/h4-9,12H2,1-3H3. The number of rotatable bonds is 4. The van der Waals surface area contributed by atoms with Crippen LogP contribution in [0.5, 0.6) is 0 Å². The van der Waals surface area contributed by atoms with Crippen molar-refractivity contribution >= 4 is 15.9 Å². The number of nitrogens with two attached hydrogens (primary N) is 1. The molecular formula is C11H23N3O3S. The smallest absolute Gasteiger partial charge is 0.242 e. The van der Waals surface area contributed by atoms with Gasteiger partial charge in [0.2, 0.25) is 15.9 Å². The Morgan fingerprint density at radius 1 is 1.22 bits per heavy atom. The van der Waals surface area contributed by atoms with Gasteiger partial charge < -0.3 is 10.6 Å². The van der Waals surface area contributed by atoms with E-state index in [9.17, 15) is 13.2 Å². The molecule has 2 N–H and O–H groups in total. The molecule has 1 fully saturated rings. The van der Waals surface area contributed by atoms with Gasteiger partial charge in [0.1, 0.15) is 0 Å². The van der Waals surface area contributed by atoms with Crippen molar-refractivity contribution in [2.24, 2.45) is 5.73 Å². The number of amides is 1. The lowest BCUT2D eigenvalue weighted by Gasteiger charge is -2.36. The van der Waals surface area contributed by atoms with Gasteiger partial charge in [-0.2, -0.15) is 4.31 Å². The molecule has 0 saturated carbocycles. The summed E-state index contributed by atoms with van der Waals surface area (Å²) in [7, 11) is -3.15. The Kier molecular flexibility index (Phi) is 4.74. The SMILES string of the molecule is CCCS(=O)(=O)N1CCN(C(=O)C(C)(C)N)CC1. The highest BCUT2D eigenvalue weighted by Gasteiger charge is 2.32. The van der Waals surface area contributed by atoms with Crippen LogP contribution in [0, 0.1) is 0 Å². The fourth-order valence-electron chi connectivity index (χ4n) is 1.96. The lowest BCUT2D eigenvalue weighted by Crippen LogP contribution is -2.57. The fourth-order valence-corrected chi connectivity index (χ4v) is 3.46. The Morgan fingerprint density at radius 3 is 2.11 bits per heavy atom. The molecule has 0 bridgehead atoms. The van der Waals surface area contributed by atoms with E-state index in [1.54, 1.807) is 18.7 Å². The number of piperazine rings is 1. The average Bonchev–Trinajstić information content (AvgIpc) is 2.27. The number of hydrogen-bond acceptors (Lipinski definition) is 4. The van der Waals surface area contributed by atoms with Gasteiger partial charge in [-0.15, -0.1) is 0 Å². The van der Waals surface area contributed by atoms with Crippen LogP contribution in [0.4, 0.5) is 0 Å². The van der Waals surface area contributed by atoms with Crippen LogP contribution in [0.1, 0.15) is 27.2 Å². The second-order valence-corrected chi connectivity index (χ2v) is 7.32. The molecule has 0 unspecified atom stereocenters. The third kappa shape index (κ3) is 3.66. The molecule has 1 rings (SSSR count). The highest BCUT2D eigenvalue weighted by molar-refractivity contribution is 7.89. The van der Waals surface area contributed by atoms with Crippen LogP contribution < -0.4 is 5.73 Å². The first-order valence-corrected chi connectivity index (χ1v) is 7.85. The zero-order chi connectivity index (χ0) is 14.0. The van der Waals surface area contributed by atoms with Crippen molar-refractivity contribution in [2.45, 2.75) is 32.7 Å². The Hall–Kier alpha value is -0.660. The molecule has 0 atom stereocenters. The molecular weight excluding hydrogens is 254 g/mol. The first-order valence-electron chi connectivity index (χ1n) is 6.24. The van der Waals surface area contributed by atoms with E-state index in [1.807, 2.05) is 6.92 Å². The minimum atomic E-state index is -3.15. The van der Waals surface area contributed by atoms with Crippen LogP contribution in [-0.2, 0) is 14.8 Å². The minimum Gasteiger partial charge on any atom is -0.338 e. The van der Waals surface area contributed by atoms with Gasteiger partial charge in [-0.25, -0.2) is 8.42 Å². The van der Waals surface area contributed by atoms with Gasteiger partial charge >= 0.3 is 0 Å². The molecule has 1 amide bonds. The highest BCUT2D eigenvalue weighted by Crippen LogP contribution is 2.12. The van der Waals surface area contributed by atoms with Gasteiger partial charge in [-0.05, 0) is 20.3 Å². The maximum absolute atomic E-state index is 11.9. The summed E-state index contributed by atoms with van der Waals surface area (Å²) in [6.45, 7) is 6.73. The van der Waals surface area contributed by atoms with Crippen LogP contribution in [0.2, 0.25) is 0 Å². The monoisotopic (exact) mass is 277 g/mol. The van der Waals surface area contributed by atoms with E-state index >= 15 is 0 Å². The quantitative estimate of drug-likeness (QED) is 0.758. The number of carbonyl (C=O) groups is 1. The lowest BCUT2D eigenvalue weighted by molar-refractivity contribution is -0.137. The van der Waals surface area contributed by atoms with Crippen LogP contribution in [0.15, 0.2) is 0 Å². The Labute approximate surface area is 109 Å². The van der Waals surface area contributed by atoms with Crippen LogP contribution in [-0.4, -0.2) is 61.0 Å². The third-order valence-corrected chi connectivity index (χ3v) is 5.01. The second kappa shape index (κ2) is 5.54. The van der Waals surface area contributed by atoms with E-state index in [4.69, 9.17) is 5.73 Å². The largest absolute Gasteiger partial charge is 0.338 e. The van der Waals surface area contributed by atoms with Crippen molar-refractivity contribution in [2.75, 3.05) is 31.9 Å². The molecule has 1 aliphatic heterocycles. The van der Waals surface area contributed by atoms with Crippen molar-refractivity contribution in [1.82, 2.24) is 9.21 Å². The summed E-state index contributed by atoms with van der Waals surface area (Å²) in [5.41, 5.74) is 4.86. The van der Waals surface area contributed by atoms with E-state index in [2.05, 4.69) is 0 Å². The summed E-state index contributed by atoms with van der Waals surface area (Å²) in [5, 5.41) is 0. The van der Waals surface area contributed by atoms with Crippen molar-refractivity contribution in [3.8, 4) is 0 Å². The van der Waals surface area contributed by atoms with E-state index in [1.165, 1.54) is 4.31 Å². The Bertz CT molecular complexity index is 392. The zero-order valence-electron chi connectivity index (χ0n) is 11.3. The first-order chi connectivity index (χ1) is 8.18. The van der Waals surface area contributed by atoms with Gasteiger partial charge in [0.15, 0.2) is 0 Å². The summed E-state index contributed by atoms with van der Waals surface area (Å²) in [5.74, 6) is 0.0404. The maximum atomic E-state index is 11.9. The van der Waals surface area contributed by atoms with Crippen LogP contribution >= 0.6 is 0 Å². The van der Waals surface area contributed by atoms with Crippen LogP contribution in [0.25, 0.3) is 0 Å². The molecule has 0 aromatic rings. The Morgan fingerprint density at radius 2 is 1.72 bits per heavy atom. The predicted molar refractivity (Wildman–Crippen MR) is 70.5 cm³/mol. The summed E-state index contributed by atoms with van der Waals surface area (Å²) in [6.07, 6.45) is 0.608. The molecule has 0 aromatic carbocycles. The number of nitrogens with zero attached hydrogens (tertiary/aromatic N) is 2. The molecule has 7 heteroatoms. The molecule has 6 nitrogen and oxygen atoms in total. The summed E-state index contributed by atoms with van der Waals surface area (Å²) in [4.78, 5) is 13.6. The van der Waals surface area contributed by atoms with Gasteiger partial charge in [-0.1, -0.05) is 6.92 Å². The van der Waals surface area contributed by atoms with Crippen molar-refractivity contribution in [3.05, 3.63) is 0 Å². The van der Waals surface area contributed by atoms with Gasteiger partial charge in [0.25, 0.3) is 0 Å². The molecule has 0 aromatic heterocycles. The van der Waals surface area contributed by atoms with Crippen molar-refractivity contribution < 1.29 is 13.2 Å². The van der Waals surface area contributed by atoms with E-state index in [-0.39, 0.29) is 11.7 Å². The zero-order valence-corrected chi connectivity index (χ0v) is 12.2. The number of carbonyl (C=O) groups excluding carboxylic acids is 1.